The smallest absolute Gasteiger partial charge is 0.462 e. The van der Waals surface area contributed by atoms with Crippen molar-refractivity contribution >= 4 is 39.5 Å². The van der Waals surface area contributed by atoms with Gasteiger partial charge in [0.2, 0.25) is 0 Å². The Kier molecular flexibility index (Phi) is 69.6. The van der Waals surface area contributed by atoms with Gasteiger partial charge < -0.3 is 33.8 Å². The van der Waals surface area contributed by atoms with Crippen LogP contribution in [0.3, 0.4) is 0 Å². The standard InChI is InChI=1S/C82H160O17P2/c1-72(2)58-50-42-34-27-22-18-14-11-9-10-12-16-20-24-30-39-48-56-64-81(86)98-77(68-92-79(84)62-54-46-38-32-26-29-36-44-52-60-74(5)6)70-96-100(88,89)94-66-76(83)67-95-101(90,91)97-71-78(69-93-80(85)63-55-47-41-33-37-45-53-61-75(7)8)99-82(87)65-57-49-40-31-25-21-17-13-15-19-23-28-35-43-51-59-73(3)4/h72-78,83H,9-71H2,1-8H3,(H,88,89)(H,90,91)/t76?,77-,78-/m1/s1. The second kappa shape index (κ2) is 71.0. The Balaban J connectivity index is 5.20. The lowest BCUT2D eigenvalue weighted by atomic mass is 10.0. The first-order valence-corrected chi connectivity index (χ1v) is 45.2. The Morgan fingerprint density at radius 1 is 0.248 bits per heavy atom. The number of phosphoric ester groups is 2. The van der Waals surface area contributed by atoms with E-state index in [0.717, 1.165) is 114 Å². The highest BCUT2D eigenvalue weighted by molar-refractivity contribution is 7.47. The Morgan fingerprint density at radius 3 is 0.614 bits per heavy atom. The highest BCUT2D eigenvalue weighted by Crippen LogP contribution is 2.45. The summed E-state index contributed by atoms with van der Waals surface area (Å²) in [5, 5.41) is 10.6. The Hall–Kier alpha value is -1.94. The molecule has 0 fully saturated rings. The minimum atomic E-state index is -4.96. The Bertz CT molecular complexity index is 1970. The maximum atomic E-state index is 13.1. The van der Waals surface area contributed by atoms with Crippen LogP contribution in [0.25, 0.3) is 0 Å². The van der Waals surface area contributed by atoms with E-state index in [2.05, 4.69) is 55.4 Å². The van der Waals surface area contributed by atoms with Crippen molar-refractivity contribution in [1.29, 1.82) is 0 Å². The number of rotatable bonds is 79. The zero-order chi connectivity index (χ0) is 74.6. The number of esters is 4. The molecular weight excluding hydrogens is 1320 g/mol. The van der Waals surface area contributed by atoms with Crippen molar-refractivity contribution in [2.75, 3.05) is 39.6 Å². The largest absolute Gasteiger partial charge is 0.472 e. The van der Waals surface area contributed by atoms with Crippen LogP contribution in [-0.4, -0.2) is 96.7 Å². The molecule has 3 N–H and O–H groups in total. The molecule has 0 bridgehead atoms. The molecular formula is C82H160O17P2. The molecule has 0 aromatic carbocycles. The molecule has 0 heterocycles. The van der Waals surface area contributed by atoms with Crippen molar-refractivity contribution in [3.8, 4) is 0 Å². The predicted molar refractivity (Wildman–Crippen MR) is 414 cm³/mol. The number of carbonyl (C=O) groups is 4. The van der Waals surface area contributed by atoms with Gasteiger partial charge in [-0.15, -0.1) is 0 Å². The van der Waals surface area contributed by atoms with E-state index in [4.69, 9.17) is 37.0 Å². The lowest BCUT2D eigenvalue weighted by Gasteiger charge is -2.21. The van der Waals surface area contributed by atoms with Crippen molar-refractivity contribution < 1.29 is 80.2 Å². The number of aliphatic hydroxyl groups is 1. The third kappa shape index (κ3) is 76.1. The van der Waals surface area contributed by atoms with E-state index in [0.29, 0.717) is 31.6 Å². The van der Waals surface area contributed by atoms with Crippen molar-refractivity contribution in [3.05, 3.63) is 0 Å². The molecule has 600 valence electrons. The maximum absolute atomic E-state index is 13.1. The summed E-state index contributed by atoms with van der Waals surface area (Å²) in [6.45, 7) is 14.2. The van der Waals surface area contributed by atoms with E-state index >= 15 is 0 Å². The van der Waals surface area contributed by atoms with Gasteiger partial charge in [0, 0.05) is 25.7 Å². The second-order valence-corrected chi connectivity index (χ2v) is 34.3. The number of ether oxygens (including phenoxy) is 4. The number of aliphatic hydroxyl groups excluding tert-OH is 1. The first-order valence-electron chi connectivity index (χ1n) is 42.2. The first kappa shape index (κ1) is 99.1. The zero-order valence-electron chi connectivity index (χ0n) is 66.5. The van der Waals surface area contributed by atoms with Gasteiger partial charge in [-0.3, -0.25) is 37.3 Å². The van der Waals surface area contributed by atoms with Gasteiger partial charge in [0.15, 0.2) is 12.2 Å². The molecule has 0 aromatic heterocycles. The Labute approximate surface area is 619 Å². The molecule has 0 aliphatic heterocycles. The van der Waals surface area contributed by atoms with Crippen LogP contribution in [0.4, 0.5) is 0 Å². The van der Waals surface area contributed by atoms with Crippen LogP contribution in [0, 0.1) is 23.7 Å². The number of hydrogen-bond acceptors (Lipinski definition) is 15. The molecule has 0 saturated heterocycles. The van der Waals surface area contributed by atoms with Crippen molar-refractivity contribution in [3.63, 3.8) is 0 Å². The topological polar surface area (TPSA) is 237 Å². The molecule has 0 aliphatic carbocycles. The van der Waals surface area contributed by atoms with E-state index in [1.807, 2.05) is 0 Å². The van der Waals surface area contributed by atoms with Crippen LogP contribution in [0.5, 0.6) is 0 Å². The summed E-state index contributed by atoms with van der Waals surface area (Å²) < 4.78 is 68.7. The fourth-order valence-corrected chi connectivity index (χ4v) is 14.2. The van der Waals surface area contributed by atoms with Crippen LogP contribution >= 0.6 is 15.6 Å². The van der Waals surface area contributed by atoms with Gasteiger partial charge in [-0.1, -0.05) is 370 Å². The van der Waals surface area contributed by atoms with Gasteiger partial charge >= 0.3 is 39.5 Å². The van der Waals surface area contributed by atoms with E-state index < -0.39 is 97.5 Å². The van der Waals surface area contributed by atoms with Gasteiger partial charge in [-0.25, -0.2) is 9.13 Å². The monoisotopic (exact) mass is 1480 g/mol. The third-order valence-corrected chi connectivity index (χ3v) is 21.0. The molecule has 0 saturated carbocycles. The molecule has 101 heavy (non-hydrogen) atoms. The lowest BCUT2D eigenvalue weighted by molar-refractivity contribution is -0.161. The maximum Gasteiger partial charge on any atom is 0.472 e. The second-order valence-electron chi connectivity index (χ2n) is 31.4. The summed E-state index contributed by atoms with van der Waals surface area (Å²) in [6.07, 6.45) is 58.5. The average Bonchev–Trinajstić information content (AvgIpc) is 0.982. The van der Waals surface area contributed by atoms with Crippen LogP contribution in [0.1, 0.15) is 421 Å². The van der Waals surface area contributed by atoms with E-state index in [-0.39, 0.29) is 25.7 Å². The van der Waals surface area contributed by atoms with Crippen molar-refractivity contribution in [1.82, 2.24) is 0 Å². The molecule has 0 radical (unpaired) electrons. The van der Waals surface area contributed by atoms with Crippen LogP contribution < -0.4 is 0 Å². The minimum absolute atomic E-state index is 0.107. The summed E-state index contributed by atoms with van der Waals surface area (Å²) in [5.41, 5.74) is 0. The molecule has 0 amide bonds. The number of hydrogen-bond donors (Lipinski definition) is 3. The summed E-state index contributed by atoms with van der Waals surface area (Å²) >= 11 is 0. The van der Waals surface area contributed by atoms with E-state index in [9.17, 15) is 43.2 Å². The average molecular weight is 1480 g/mol. The highest BCUT2D eigenvalue weighted by Gasteiger charge is 2.30. The number of carbonyl (C=O) groups excluding carboxylic acids is 4. The fourth-order valence-electron chi connectivity index (χ4n) is 12.6. The van der Waals surface area contributed by atoms with Crippen molar-refractivity contribution in [2.24, 2.45) is 23.7 Å². The molecule has 0 aliphatic rings. The predicted octanol–water partition coefficient (Wildman–Crippen LogP) is 24.4. The van der Waals surface area contributed by atoms with Gasteiger partial charge in [0.05, 0.1) is 26.4 Å². The van der Waals surface area contributed by atoms with Gasteiger partial charge in [-0.2, -0.15) is 0 Å². The van der Waals surface area contributed by atoms with Crippen LogP contribution in [0.2, 0.25) is 0 Å². The molecule has 0 spiro atoms. The van der Waals surface area contributed by atoms with Gasteiger partial charge in [0.25, 0.3) is 0 Å². The molecule has 0 rings (SSSR count). The summed E-state index contributed by atoms with van der Waals surface area (Å²) in [6, 6.07) is 0. The third-order valence-electron chi connectivity index (χ3n) is 19.1. The van der Waals surface area contributed by atoms with Gasteiger partial charge in [-0.05, 0) is 49.4 Å². The quantitative estimate of drug-likeness (QED) is 0.0222. The molecule has 19 heteroatoms. The first-order chi connectivity index (χ1) is 48.6. The molecule has 3 unspecified atom stereocenters. The molecule has 17 nitrogen and oxygen atoms in total. The SMILES string of the molecule is CC(C)CCCCCCCCCCCCCCCCCCCCC(=O)O[C@H](COC(=O)CCCCCCCCCCCC(C)C)COP(=O)(O)OCC(O)COP(=O)(O)OC[C@@H](COC(=O)CCCCCCCCCC(C)C)OC(=O)CCCCCCCCCCCCCCCCCC(C)C. The molecule has 5 atom stereocenters. The zero-order valence-corrected chi connectivity index (χ0v) is 68.3. The summed E-state index contributed by atoms with van der Waals surface area (Å²) in [7, 11) is -9.92. The Morgan fingerprint density at radius 2 is 0.416 bits per heavy atom. The molecule has 0 aromatic rings. The summed E-state index contributed by atoms with van der Waals surface area (Å²) in [4.78, 5) is 73.0. The van der Waals surface area contributed by atoms with Crippen LogP contribution in [-0.2, 0) is 65.4 Å². The van der Waals surface area contributed by atoms with E-state index in [1.165, 1.54) is 218 Å². The fraction of sp³-hybridized carbons (Fsp3) is 0.951. The van der Waals surface area contributed by atoms with Crippen LogP contribution in [0.15, 0.2) is 0 Å². The number of phosphoric acid groups is 2. The number of unbranched alkanes of at least 4 members (excludes halogenated alkanes) is 45. The highest BCUT2D eigenvalue weighted by atomic mass is 31.2. The van der Waals surface area contributed by atoms with Gasteiger partial charge in [0.1, 0.15) is 19.3 Å². The lowest BCUT2D eigenvalue weighted by Crippen LogP contribution is -2.30. The van der Waals surface area contributed by atoms with Crippen molar-refractivity contribution in [2.45, 2.75) is 440 Å². The normalized spacial score (nSPS) is 14.0. The van der Waals surface area contributed by atoms with E-state index in [1.54, 1.807) is 0 Å². The minimum Gasteiger partial charge on any atom is -0.462 e. The summed E-state index contributed by atoms with van der Waals surface area (Å²) in [5.74, 6) is 0.957.